The van der Waals surface area contributed by atoms with E-state index in [1.165, 1.54) is 19.4 Å². The van der Waals surface area contributed by atoms with Crippen molar-refractivity contribution in [3.8, 4) is 22.8 Å². The second-order valence-corrected chi connectivity index (χ2v) is 7.36. The van der Waals surface area contributed by atoms with Crippen molar-refractivity contribution in [1.82, 2.24) is 19.9 Å². The fraction of sp³-hybridized carbons (Fsp3) is 0.208. The number of fused-ring (bicyclic) bond motifs is 1. The molecule has 0 aliphatic rings. The van der Waals surface area contributed by atoms with E-state index in [4.69, 9.17) is 9.47 Å². The molecule has 0 saturated heterocycles. The number of nitrogens with zero attached hydrogens (tertiary/aromatic N) is 3. The molecule has 9 heteroatoms. The van der Waals surface area contributed by atoms with E-state index in [-0.39, 0.29) is 22.9 Å². The zero-order valence-electron chi connectivity index (χ0n) is 18.3. The molecule has 7 nitrogen and oxygen atoms in total. The van der Waals surface area contributed by atoms with Gasteiger partial charge in [0.15, 0.2) is 5.65 Å². The molecule has 170 valence electrons. The van der Waals surface area contributed by atoms with E-state index in [9.17, 15) is 13.6 Å². The number of ether oxygens (including phenoxy) is 2. The van der Waals surface area contributed by atoms with Crippen molar-refractivity contribution < 1.29 is 23.0 Å². The first-order valence-electron chi connectivity index (χ1n) is 10.2. The van der Waals surface area contributed by atoms with Gasteiger partial charge in [0, 0.05) is 5.56 Å². The van der Waals surface area contributed by atoms with Crippen LogP contribution in [-0.2, 0) is 0 Å². The monoisotopic (exact) mass is 452 g/mol. The maximum absolute atomic E-state index is 13.8. The standard InChI is InChI=1S/C24H22F2N4O3/c1-14(15-4-8-17(32-2)9-5-15)28-24(31)19-13-27-30-21(22(25)26)12-20(29-23(19)30)16-6-10-18(33-3)11-7-16/h4-14,22H,1-3H3,(H,28,31)/t14-/m0/s1. The van der Waals surface area contributed by atoms with Gasteiger partial charge in [-0.2, -0.15) is 5.10 Å². The average Bonchev–Trinajstić information content (AvgIpc) is 3.27. The van der Waals surface area contributed by atoms with Gasteiger partial charge in [-0.05, 0) is 55.0 Å². The van der Waals surface area contributed by atoms with Crippen LogP contribution in [0.3, 0.4) is 0 Å². The summed E-state index contributed by atoms with van der Waals surface area (Å²) in [6.07, 6.45) is -1.55. The fourth-order valence-electron chi connectivity index (χ4n) is 3.46. The van der Waals surface area contributed by atoms with Gasteiger partial charge in [0.1, 0.15) is 22.8 Å². The number of amides is 1. The number of hydrogen-bond donors (Lipinski definition) is 1. The molecule has 0 aliphatic heterocycles. The molecule has 0 unspecified atom stereocenters. The minimum absolute atomic E-state index is 0.0537. The summed E-state index contributed by atoms with van der Waals surface area (Å²) in [6.45, 7) is 1.83. The Hall–Kier alpha value is -4.01. The molecule has 0 bridgehead atoms. The zero-order chi connectivity index (χ0) is 23.5. The molecular formula is C24H22F2N4O3. The minimum atomic E-state index is -2.80. The van der Waals surface area contributed by atoms with Gasteiger partial charge in [-0.15, -0.1) is 0 Å². The predicted octanol–water partition coefficient (Wildman–Crippen LogP) is 4.84. The Morgan fingerprint density at radius 3 is 2.18 bits per heavy atom. The van der Waals surface area contributed by atoms with Gasteiger partial charge in [-0.3, -0.25) is 4.79 Å². The van der Waals surface area contributed by atoms with Crippen molar-refractivity contribution in [2.24, 2.45) is 0 Å². The molecule has 0 aliphatic carbocycles. The number of carbonyl (C=O) groups is 1. The summed E-state index contributed by atoms with van der Waals surface area (Å²) in [7, 11) is 3.12. The molecule has 1 N–H and O–H groups in total. The molecule has 4 rings (SSSR count). The molecule has 2 aromatic carbocycles. The first-order valence-corrected chi connectivity index (χ1v) is 10.2. The topological polar surface area (TPSA) is 77.8 Å². The average molecular weight is 452 g/mol. The molecule has 2 aromatic heterocycles. The Bertz CT molecular complexity index is 1270. The number of nitrogens with one attached hydrogen (secondary N) is 1. The van der Waals surface area contributed by atoms with Crippen LogP contribution in [0, 0.1) is 0 Å². The number of aromatic nitrogens is 3. The predicted molar refractivity (Wildman–Crippen MR) is 119 cm³/mol. The van der Waals surface area contributed by atoms with Crippen LogP contribution < -0.4 is 14.8 Å². The molecule has 0 fully saturated rings. The Labute approximate surface area is 189 Å². The smallest absolute Gasteiger partial charge is 0.280 e. The van der Waals surface area contributed by atoms with E-state index >= 15 is 0 Å². The van der Waals surface area contributed by atoms with Crippen molar-refractivity contribution in [3.05, 3.63) is 77.6 Å². The van der Waals surface area contributed by atoms with Crippen LogP contribution in [-0.4, -0.2) is 34.7 Å². The summed E-state index contributed by atoms with van der Waals surface area (Å²) in [6, 6.07) is 15.1. The molecule has 33 heavy (non-hydrogen) atoms. The number of alkyl halides is 2. The number of hydrogen-bond acceptors (Lipinski definition) is 5. The van der Waals surface area contributed by atoms with E-state index in [1.54, 1.807) is 43.5 Å². The Morgan fingerprint density at radius 1 is 1.00 bits per heavy atom. The Morgan fingerprint density at radius 2 is 1.61 bits per heavy atom. The van der Waals surface area contributed by atoms with Gasteiger partial charge in [0.05, 0.1) is 32.2 Å². The van der Waals surface area contributed by atoms with Crippen LogP contribution in [0.25, 0.3) is 16.9 Å². The highest BCUT2D eigenvalue weighted by Gasteiger charge is 2.22. The van der Waals surface area contributed by atoms with Crippen LogP contribution in [0.5, 0.6) is 11.5 Å². The summed E-state index contributed by atoms with van der Waals surface area (Å²) >= 11 is 0. The Kier molecular flexibility index (Phi) is 6.21. The quantitative estimate of drug-likeness (QED) is 0.434. The third kappa shape index (κ3) is 4.48. The third-order valence-corrected chi connectivity index (χ3v) is 5.32. The Balaban J connectivity index is 1.69. The zero-order valence-corrected chi connectivity index (χ0v) is 18.3. The normalized spacial score (nSPS) is 12.1. The van der Waals surface area contributed by atoms with Crippen LogP contribution in [0.1, 0.15) is 41.0 Å². The van der Waals surface area contributed by atoms with E-state index in [0.717, 1.165) is 10.1 Å². The largest absolute Gasteiger partial charge is 0.497 e. The summed E-state index contributed by atoms with van der Waals surface area (Å²) in [5, 5.41) is 6.88. The van der Waals surface area contributed by atoms with E-state index in [0.29, 0.717) is 22.8 Å². The highest BCUT2D eigenvalue weighted by atomic mass is 19.3. The second kappa shape index (κ2) is 9.23. The molecule has 1 amide bonds. The van der Waals surface area contributed by atoms with Crippen molar-refractivity contribution in [1.29, 1.82) is 0 Å². The van der Waals surface area contributed by atoms with Gasteiger partial charge in [0.2, 0.25) is 0 Å². The number of benzene rings is 2. The molecule has 0 spiro atoms. The van der Waals surface area contributed by atoms with Crippen molar-refractivity contribution in [2.75, 3.05) is 14.2 Å². The number of rotatable bonds is 7. The molecule has 2 heterocycles. The van der Waals surface area contributed by atoms with Gasteiger partial charge in [-0.1, -0.05) is 12.1 Å². The van der Waals surface area contributed by atoms with Crippen molar-refractivity contribution in [3.63, 3.8) is 0 Å². The van der Waals surface area contributed by atoms with E-state index < -0.39 is 12.3 Å². The lowest BCUT2D eigenvalue weighted by Crippen LogP contribution is -2.26. The summed E-state index contributed by atoms with van der Waals surface area (Å²) in [4.78, 5) is 17.5. The highest BCUT2D eigenvalue weighted by Crippen LogP contribution is 2.28. The SMILES string of the molecule is COc1ccc(-c2cc(C(F)F)n3ncc(C(=O)N[C@@H](C)c4ccc(OC)cc4)c3n2)cc1. The van der Waals surface area contributed by atoms with Crippen molar-refractivity contribution >= 4 is 11.6 Å². The highest BCUT2D eigenvalue weighted by molar-refractivity contribution is 6.00. The molecule has 0 radical (unpaired) electrons. The second-order valence-electron chi connectivity index (χ2n) is 7.36. The number of methoxy groups -OCH3 is 2. The molecule has 1 atom stereocenters. The first-order chi connectivity index (χ1) is 15.9. The number of carbonyl (C=O) groups excluding carboxylic acids is 1. The van der Waals surface area contributed by atoms with E-state index in [2.05, 4.69) is 15.4 Å². The van der Waals surface area contributed by atoms with Gasteiger partial charge in [0.25, 0.3) is 12.3 Å². The van der Waals surface area contributed by atoms with Crippen LogP contribution >= 0.6 is 0 Å². The fourth-order valence-corrected chi connectivity index (χ4v) is 3.46. The van der Waals surface area contributed by atoms with Crippen molar-refractivity contribution in [2.45, 2.75) is 19.4 Å². The van der Waals surface area contributed by atoms with Gasteiger partial charge in [-0.25, -0.2) is 18.3 Å². The lowest BCUT2D eigenvalue weighted by molar-refractivity contribution is 0.0941. The lowest BCUT2D eigenvalue weighted by Gasteiger charge is -2.14. The summed E-state index contributed by atoms with van der Waals surface area (Å²) in [5.41, 5.74) is 1.58. The van der Waals surface area contributed by atoms with Gasteiger partial charge >= 0.3 is 0 Å². The maximum Gasteiger partial charge on any atom is 0.280 e. The molecular weight excluding hydrogens is 430 g/mol. The molecule has 0 saturated carbocycles. The third-order valence-electron chi connectivity index (χ3n) is 5.32. The summed E-state index contributed by atoms with van der Waals surface area (Å²) < 4.78 is 38.9. The lowest BCUT2D eigenvalue weighted by atomic mass is 10.1. The maximum atomic E-state index is 13.8. The van der Waals surface area contributed by atoms with Crippen LogP contribution in [0.2, 0.25) is 0 Å². The minimum Gasteiger partial charge on any atom is -0.497 e. The number of halogens is 2. The molecule has 4 aromatic rings. The summed E-state index contributed by atoms with van der Waals surface area (Å²) in [5.74, 6) is 0.869. The first kappa shape index (κ1) is 22.2. The van der Waals surface area contributed by atoms with E-state index in [1.807, 2.05) is 19.1 Å². The van der Waals surface area contributed by atoms with Gasteiger partial charge < -0.3 is 14.8 Å². The van der Waals surface area contributed by atoms with Crippen LogP contribution in [0.15, 0.2) is 60.8 Å². The van der Waals surface area contributed by atoms with Crippen LogP contribution in [0.4, 0.5) is 8.78 Å².